The monoisotopic (exact) mass is 172 g/mol. The first-order valence-corrected chi connectivity index (χ1v) is 4.54. The van der Waals surface area contributed by atoms with Crippen molar-refractivity contribution in [1.82, 2.24) is 10.6 Å². The molecule has 3 nitrogen and oxygen atoms in total. The Balaban J connectivity index is 3.45. The van der Waals surface area contributed by atoms with Crippen LogP contribution in [0.2, 0.25) is 0 Å². The molecule has 0 saturated heterocycles. The number of carbonyl (C=O) groups is 1. The average molecular weight is 172 g/mol. The lowest BCUT2D eigenvalue weighted by Crippen LogP contribution is -2.38. The van der Waals surface area contributed by atoms with Crippen molar-refractivity contribution in [2.75, 3.05) is 7.05 Å². The summed E-state index contributed by atoms with van der Waals surface area (Å²) in [4.78, 5) is 10.8. The first-order valence-electron chi connectivity index (χ1n) is 4.54. The van der Waals surface area contributed by atoms with Crippen LogP contribution in [0.3, 0.4) is 0 Å². The smallest absolute Gasteiger partial charge is 0.314 e. The standard InChI is InChI=1S/C9H20N2O/c1-7(2)5-6-8(3)11-9(12)10-4/h7-8H,5-6H2,1-4H3,(H2,10,11,12). The third-order valence-electron chi connectivity index (χ3n) is 1.78. The van der Waals surface area contributed by atoms with E-state index in [2.05, 4.69) is 24.5 Å². The van der Waals surface area contributed by atoms with Gasteiger partial charge in [0, 0.05) is 13.1 Å². The van der Waals surface area contributed by atoms with Gasteiger partial charge in [-0.15, -0.1) is 0 Å². The highest BCUT2D eigenvalue weighted by molar-refractivity contribution is 5.73. The Morgan fingerprint density at radius 3 is 2.25 bits per heavy atom. The number of urea groups is 1. The molecule has 0 spiro atoms. The minimum atomic E-state index is -0.0914. The molecular formula is C9H20N2O. The molecule has 2 amide bonds. The van der Waals surface area contributed by atoms with Crippen molar-refractivity contribution in [3.05, 3.63) is 0 Å². The summed E-state index contributed by atoms with van der Waals surface area (Å²) in [7, 11) is 1.63. The zero-order valence-electron chi connectivity index (χ0n) is 8.48. The summed E-state index contributed by atoms with van der Waals surface area (Å²) >= 11 is 0. The van der Waals surface area contributed by atoms with E-state index in [4.69, 9.17) is 0 Å². The van der Waals surface area contributed by atoms with Crippen LogP contribution >= 0.6 is 0 Å². The van der Waals surface area contributed by atoms with Gasteiger partial charge in [-0.05, 0) is 25.7 Å². The molecule has 0 aliphatic carbocycles. The molecule has 0 aromatic rings. The second kappa shape index (κ2) is 5.86. The SMILES string of the molecule is CNC(=O)NC(C)CCC(C)C. The van der Waals surface area contributed by atoms with Gasteiger partial charge in [-0.2, -0.15) is 0 Å². The van der Waals surface area contributed by atoms with Gasteiger partial charge in [0.25, 0.3) is 0 Å². The van der Waals surface area contributed by atoms with E-state index in [1.807, 2.05) is 6.92 Å². The lowest BCUT2D eigenvalue weighted by Gasteiger charge is -2.14. The number of hydrogen-bond acceptors (Lipinski definition) is 1. The third kappa shape index (κ3) is 6.01. The fraction of sp³-hybridized carbons (Fsp3) is 0.889. The zero-order valence-corrected chi connectivity index (χ0v) is 8.48. The van der Waals surface area contributed by atoms with Gasteiger partial charge in [-0.3, -0.25) is 0 Å². The Labute approximate surface area is 74.9 Å². The summed E-state index contributed by atoms with van der Waals surface area (Å²) in [6.45, 7) is 6.40. The molecule has 12 heavy (non-hydrogen) atoms. The quantitative estimate of drug-likeness (QED) is 0.666. The van der Waals surface area contributed by atoms with E-state index in [9.17, 15) is 4.79 Å². The van der Waals surface area contributed by atoms with E-state index in [-0.39, 0.29) is 12.1 Å². The van der Waals surface area contributed by atoms with Crippen LogP contribution in [0.4, 0.5) is 4.79 Å². The molecule has 0 aromatic carbocycles. The van der Waals surface area contributed by atoms with Gasteiger partial charge in [0.05, 0.1) is 0 Å². The highest BCUT2D eigenvalue weighted by Crippen LogP contribution is 2.05. The topological polar surface area (TPSA) is 41.1 Å². The van der Waals surface area contributed by atoms with Crippen LogP contribution in [0.1, 0.15) is 33.6 Å². The predicted octanol–water partition coefficient (Wildman–Crippen LogP) is 1.74. The Kier molecular flexibility index (Phi) is 5.51. The van der Waals surface area contributed by atoms with Crippen molar-refractivity contribution in [1.29, 1.82) is 0 Å². The Hall–Kier alpha value is -0.730. The lowest BCUT2D eigenvalue weighted by molar-refractivity contribution is 0.238. The summed E-state index contributed by atoms with van der Waals surface area (Å²) in [6, 6.07) is 0.179. The van der Waals surface area contributed by atoms with Gasteiger partial charge >= 0.3 is 6.03 Å². The molecule has 0 saturated carbocycles. The van der Waals surface area contributed by atoms with E-state index in [1.54, 1.807) is 7.05 Å². The maximum atomic E-state index is 10.8. The van der Waals surface area contributed by atoms with Crippen molar-refractivity contribution in [2.45, 2.75) is 39.7 Å². The minimum absolute atomic E-state index is 0.0914. The summed E-state index contributed by atoms with van der Waals surface area (Å²) in [6.07, 6.45) is 2.20. The predicted molar refractivity (Wildman–Crippen MR) is 51.1 cm³/mol. The first kappa shape index (κ1) is 11.3. The van der Waals surface area contributed by atoms with Crippen molar-refractivity contribution in [3.63, 3.8) is 0 Å². The Morgan fingerprint density at radius 1 is 1.25 bits per heavy atom. The molecule has 0 rings (SSSR count). The number of nitrogens with one attached hydrogen (secondary N) is 2. The van der Waals surface area contributed by atoms with Gasteiger partial charge in [0.15, 0.2) is 0 Å². The molecule has 1 unspecified atom stereocenters. The van der Waals surface area contributed by atoms with E-state index in [1.165, 1.54) is 0 Å². The summed E-state index contributed by atoms with van der Waals surface area (Å²) in [5, 5.41) is 5.37. The summed E-state index contributed by atoms with van der Waals surface area (Å²) in [5.74, 6) is 0.707. The lowest BCUT2D eigenvalue weighted by atomic mass is 10.0. The van der Waals surface area contributed by atoms with Crippen LogP contribution in [0.5, 0.6) is 0 Å². The second-order valence-electron chi connectivity index (χ2n) is 3.60. The first-order chi connectivity index (χ1) is 5.56. The maximum Gasteiger partial charge on any atom is 0.314 e. The van der Waals surface area contributed by atoms with Crippen molar-refractivity contribution in [2.24, 2.45) is 5.92 Å². The maximum absolute atomic E-state index is 10.8. The van der Waals surface area contributed by atoms with E-state index >= 15 is 0 Å². The molecule has 0 bridgehead atoms. The largest absolute Gasteiger partial charge is 0.341 e. The molecule has 0 aliphatic heterocycles. The fourth-order valence-corrected chi connectivity index (χ4v) is 0.951. The molecule has 0 heterocycles. The Bertz CT molecular complexity index is 134. The minimum Gasteiger partial charge on any atom is -0.341 e. The Morgan fingerprint density at radius 2 is 1.83 bits per heavy atom. The third-order valence-corrected chi connectivity index (χ3v) is 1.78. The highest BCUT2D eigenvalue weighted by Gasteiger charge is 2.05. The van der Waals surface area contributed by atoms with Gasteiger partial charge in [-0.1, -0.05) is 13.8 Å². The molecular weight excluding hydrogens is 152 g/mol. The molecule has 0 fully saturated rings. The number of hydrogen-bond donors (Lipinski definition) is 2. The van der Waals surface area contributed by atoms with E-state index in [0.29, 0.717) is 5.92 Å². The van der Waals surface area contributed by atoms with Crippen LogP contribution in [0, 0.1) is 5.92 Å². The van der Waals surface area contributed by atoms with Crippen molar-refractivity contribution < 1.29 is 4.79 Å². The molecule has 3 heteroatoms. The van der Waals surface area contributed by atoms with Crippen LogP contribution in [-0.4, -0.2) is 19.1 Å². The highest BCUT2D eigenvalue weighted by atomic mass is 16.2. The van der Waals surface area contributed by atoms with Gasteiger partial charge in [0.2, 0.25) is 0 Å². The molecule has 72 valence electrons. The number of rotatable bonds is 4. The normalized spacial score (nSPS) is 12.8. The number of amides is 2. The molecule has 0 aliphatic rings. The van der Waals surface area contributed by atoms with Crippen molar-refractivity contribution in [3.8, 4) is 0 Å². The second-order valence-corrected chi connectivity index (χ2v) is 3.60. The van der Waals surface area contributed by atoms with Crippen molar-refractivity contribution >= 4 is 6.03 Å². The average Bonchev–Trinajstić information content (AvgIpc) is 2.00. The van der Waals surface area contributed by atoms with Crippen LogP contribution in [0.25, 0.3) is 0 Å². The van der Waals surface area contributed by atoms with E-state index in [0.717, 1.165) is 12.8 Å². The molecule has 0 aromatic heterocycles. The van der Waals surface area contributed by atoms with Crippen LogP contribution in [-0.2, 0) is 0 Å². The molecule has 1 atom stereocenters. The summed E-state index contributed by atoms with van der Waals surface area (Å²) < 4.78 is 0. The van der Waals surface area contributed by atoms with Gasteiger partial charge in [0.1, 0.15) is 0 Å². The van der Waals surface area contributed by atoms with Gasteiger partial charge in [-0.25, -0.2) is 4.79 Å². The molecule has 0 radical (unpaired) electrons. The van der Waals surface area contributed by atoms with E-state index < -0.39 is 0 Å². The van der Waals surface area contributed by atoms with Crippen LogP contribution in [0.15, 0.2) is 0 Å². The van der Waals surface area contributed by atoms with Gasteiger partial charge < -0.3 is 10.6 Å². The zero-order chi connectivity index (χ0) is 9.56. The fourth-order valence-electron chi connectivity index (χ4n) is 0.951. The summed E-state index contributed by atoms with van der Waals surface area (Å²) in [5.41, 5.74) is 0. The molecule has 2 N–H and O–H groups in total. The van der Waals surface area contributed by atoms with Crippen LogP contribution < -0.4 is 10.6 Å². The number of carbonyl (C=O) groups excluding carboxylic acids is 1.